The van der Waals surface area contributed by atoms with Gasteiger partial charge in [-0.2, -0.15) is 9.94 Å². The van der Waals surface area contributed by atoms with E-state index < -0.39 is 5.25 Å². The van der Waals surface area contributed by atoms with Crippen LogP contribution >= 0.6 is 11.8 Å². The molecule has 1 heterocycles. The second-order valence-corrected chi connectivity index (χ2v) is 7.19. The van der Waals surface area contributed by atoms with Crippen LogP contribution in [0.5, 0.6) is 5.75 Å². The van der Waals surface area contributed by atoms with Crippen molar-refractivity contribution in [2.24, 2.45) is 0 Å². The number of nitriles is 1. The number of aromatic nitrogens is 4. The first-order valence-corrected chi connectivity index (χ1v) is 9.46. The third-order valence-electron chi connectivity index (χ3n) is 3.95. The summed E-state index contributed by atoms with van der Waals surface area (Å²) in [6.45, 7) is 2.10. The Balaban J connectivity index is 1.79. The summed E-state index contributed by atoms with van der Waals surface area (Å²) in [5, 5.41) is 30.0. The molecule has 9 heteroatoms. The van der Waals surface area contributed by atoms with Crippen molar-refractivity contribution in [1.82, 2.24) is 20.2 Å². The Morgan fingerprint density at radius 2 is 1.96 bits per heavy atom. The SMILES string of the molecule is C[C@H](Sc1nnnn1-c1ccc(O)cc1)C(=O)N(CCC#N)c1ccccc1. The molecule has 28 heavy (non-hydrogen) atoms. The number of amides is 1. The second-order valence-electron chi connectivity index (χ2n) is 5.88. The van der Waals surface area contributed by atoms with E-state index in [0.717, 1.165) is 5.69 Å². The van der Waals surface area contributed by atoms with Crippen molar-refractivity contribution < 1.29 is 9.90 Å². The van der Waals surface area contributed by atoms with Crippen LogP contribution in [-0.2, 0) is 4.79 Å². The molecule has 0 aliphatic heterocycles. The number of para-hydroxylation sites is 1. The molecule has 1 N–H and O–H groups in total. The van der Waals surface area contributed by atoms with Gasteiger partial charge in [0.25, 0.3) is 0 Å². The van der Waals surface area contributed by atoms with Gasteiger partial charge in [0, 0.05) is 12.2 Å². The Labute approximate surface area is 166 Å². The summed E-state index contributed by atoms with van der Waals surface area (Å²) in [7, 11) is 0. The number of nitrogens with zero attached hydrogens (tertiary/aromatic N) is 6. The molecule has 0 radical (unpaired) electrons. The number of benzene rings is 2. The molecular formula is C19H18N6O2S. The molecular weight excluding hydrogens is 376 g/mol. The van der Waals surface area contributed by atoms with Crippen molar-refractivity contribution in [3.63, 3.8) is 0 Å². The van der Waals surface area contributed by atoms with E-state index in [1.54, 1.807) is 36.1 Å². The number of hydrogen-bond donors (Lipinski definition) is 1. The normalized spacial score (nSPS) is 11.6. The van der Waals surface area contributed by atoms with Gasteiger partial charge < -0.3 is 10.0 Å². The number of phenolic OH excluding ortho intramolecular Hbond substituents is 1. The van der Waals surface area contributed by atoms with Gasteiger partial charge in [0.05, 0.1) is 23.4 Å². The van der Waals surface area contributed by atoms with Crippen molar-refractivity contribution in [3.8, 4) is 17.5 Å². The van der Waals surface area contributed by atoms with E-state index in [1.165, 1.54) is 16.4 Å². The highest BCUT2D eigenvalue weighted by Gasteiger charge is 2.25. The van der Waals surface area contributed by atoms with Crippen LogP contribution in [0.4, 0.5) is 5.69 Å². The monoisotopic (exact) mass is 394 g/mol. The quantitative estimate of drug-likeness (QED) is 0.614. The summed E-state index contributed by atoms with van der Waals surface area (Å²) in [4.78, 5) is 14.7. The predicted octanol–water partition coefficient (Wildman–Crippen LogP) is 2.80. The maximum Gasteiger partial charge on any atom is 0.240 e. The van der Waals surface area contributed by atoms with Gasteiger partial charge in [0.15, 0.2) is 0 Å². The van der Waals surface area contributed by atoms with E-state index in [2.05, 4.69) is 21.6 Å². The lowest BCUT2D eigenvalue weighted by Gasteiger charge is -2.24. The number of carbonyl (C=O) groups is 1. The van der Waals surface area contributed by atoms with E-state index in [9.17, 15) is 9.90 Å². The number of phenols is 1. The Kier molecular flexibility index (Phi) is 6.24. The van der Waals surface area contributed by atoms with Crippen LogP contribution in [-0.4, -0.2) is 43.0 Å². The first-order valence-electron chi connectivity index (χ1n) is 8.58. The number of hydrogen-bond acceptors (Lipinski definition) is 7. The van der Waals surface area contributed by atoms with Crippen LogP contribution in [0.15, 0.2) is 59.8 Å². The van der Waals surface area contributed by atoms with Crippen molar-refractivity contribution in [2.75, 3.05) is 11.4 Å². The molecule has 3 aromatic rings. The molecule has 142 valence electrons. The Hall–Kier alpha value is -3.38. The van der Waals surface area contributed by atoms with Crippen LogP contribution in [0, 0.1) is 11.3 Å². The summed E-state index contributed by atoms with van der Waals surface area (Å²) < 4.78 is 1.51. The molecule has 0 fully saturated rings. The molecule has 0 spiro atoms. The molecule has 1 aromatic heterocycles. The average Bonchev–Trinajstić information content (AvgIpc) is 3.17. The van der Waals surface area contributed by atoms with E-state index in [0.29, 0.717) is 17.4 Å². The Bertz CT molecular complexity index is 968. The fourth-order valence-electron chi connectivity index (χ4n) is 2.57. The number of tetrazole rings is 1. The zero-order valence-corrected chi connectivity index (χ0v) is 16.0. The number of thioether (sulfide) groups is 1. The number of carbonyl (C=O) groups excluding carboxylic acids is 1. The fraction of sp³-hybridized carbons (Fsp3) is 0.211. The molecule has 0 saturated heterocycles. The van der Waals surface area contributed by atoms with Gasteiger partial charge in [-0.3, -0.25) is 4.79 Å². The molecule has 0 bridgehead atoms. The van der Waals surface area contributed by atoms with Gasteiger partial charge in [-0.25, -0.2) is 0 Å². The zero-order valence-electron chi connectivity index (χ0n) is 15.1. The van der Waals surface area contributed by atoms with Crippen molar-refractivity contribution in [1.29, 1.82) is 5.26 Å². The summed E-state index contributed by atoms with van der Waals surface area (Å²) in [5.41, 5.74) is 1.42. The third kappa shape index (κ3) is 4.47. The summed E-state index contributed by atoms with van der Waals surface area (Å²) in [6, 6.07) is 17.8. The van der Waals surface area contributed by atoms with Crippen LogP contribution in [0.3, 0.4) is 0 Å². The highest BCUT2D eigenvalue weighted by atomic mass is 32.2. The van der Waals surface area contributed by atoms with Crippen molar-refractivity contribution in [3.05, 3.63) is 54.6 Å². The fourth-order valence-corrected chi connectivity index (χ4v) is 3.44. The van der Waals surface area contributed by atoms with E-state index in [4.69, 9.17) is 5.26 Å². The number of anilines is 1. The topological polar surface area (TPSA) is 108 Å². The Morgan fingerprint density at radius 1 is 1.25 bits per heavy atom. The number of aromatic hydroxyl groups is 1. The highest BCUT2D eigenvalue weighted by Crippen LogP contribution is 2.26. The lowest BCUT2D eigenvalue weighted by Crippen LogP contribution is -2.37. The summed E-state index contributed by atoms with van der Waals surface area (Å²) in [6.07, 6.45) is 0.239. The summed E-state index contributed by atoms with van der Waals surface area (Å²) in [5.74, 6) is 0.0114. The predicted molar refractivity (Wildman–Crippen MR) is 105 cm³/mol. The molecule has 8 nitrogen and oxygen atoms in total. The van der Waals surface area contributed by atoms with Gasteiger partial charge in [0.2, 0.25) is 11.1 Å². The van der Waals surface area contributed by atoms with Crippen molar-refractivity contribution >= 4 is 23.4 Å². The van der Waals surface area contributed by atoms with Gasteiger partial charge in [-0.1, -0.05) is 30.0 Å². The van der Waals surface area contributed by atoms with Gasteiger partial charge in [0.1, 0.15) is 5.75 Å². The lowest BCUT2D eigenvalue weighted by molar-refractivity contribution is -0.117. The van der Waals surface area contributed by atoms with E-state index >= 15 is 0 Å². The van der Waals surface area contributed by atoms with Gasteiger partial charge in [-0.05, 0) is 53.7 Å². The highest BCUT2D eigenvalue weighted by molar-refractivity contribution is 8.00. The average molecular weight is 394 g/mol. The maximum atomic E-state index is 13.1. The first kappa shape index (κ1) is 19.4. The lowest BCUT2D eigenvalue weighted by atomic mass is 10.2. The molecule has 3 rings (SSSR count). The molecule has 0 aliphatic rings. The summed E-state index contributed by atoms with van der Waals surface area (Å²) >= 11 is 1.23. The van der Waals surface area contributed by atoms with Crippen LogP contribution in [0.1, 0.15) is 13.3 Å². The second kappa shape index (κ2) is 9.01. The van der Waals surface area contributed by atoms with E-state index in [1.807, 2.05) is 30.3 Å². The van der Waals surface area contributed by atoms with Crippen LogP contribution in [0.2, 0.25) is 0 Å². The van der Waals surface area contributed by atoms with Gasteiger partial charge in [-0.15, -0.1) is 5.10 Å². The molecule has 0 unspecified atom stereocenters. The maximum absolute atomic E-state index is 13.1. The standard InChI is InChI=1S/C19H18N6O2S/c1-14(18(27)24(13-5-12-20)15-6-3-2-4-7-15)28-19-21-22-23-25(19)16-8-10-17(26)11-9-16/h2-4,6-11,14,26H,5,13H2,1H3/t14-/m0/s1. The largest absolute Gasteiger partial charge is 0.508 e. The number of rotatable bonds is 7. The van der Waals surface area contributed by atoms with Crippen LogP contribution < -0.4 is 4.90 Å². The van der Waals surface area contributed by atoms with Crippen molar-refractivity contribution in [2.45, 2.75) is 23.8 Å². The molecule has 1 atom stereocenters. The molecule has 1 amide bonds. The van der Waals surface area contributed by atoms with Gasteiger partial charge >= 0.3 is 0 Å². The first-order chi connectivity index (χ1) is 13.6. The van der Waals surface area contributed by atoms with E-state index in [-0.39, 0.29) is 18.1 Å². The molecule has 2 aromatic carbocycles. The minimum Gasteiger partial charge on any atom is -0.508 e. The molecule has 0 aliphatic carbocycles. The third-order valence-corrected chi connectivity index (χ3v) is 4.97. The minimum atomic E-state index is -0.472. The molecule has 0 saturated carbocycles. The van der Waals surface area contributed by atoms with Crippen LogP contribution in [0.25, 0.3) is 5.69 Å². The zero-order chi connectivity index (χ0) is 19.9. The Morgan fingerprint density at radius 3 is 2.64 bits per heavy atom. The smallest absolute Gasteiger partial charge is 0.240 e. The minimum absolute atomic E-state index is 0.133.